The number of hydrogen-bond donors (Lipinski definition) is 2. The van der Waals surface area contributed by atoms with Crippen molar-refractivity contribution in [1.29, 1.82) is 0 Å². The fourth-order valence-electron chi connectivity index (χ4n) is 2.63. The number of halogens is 4. The Kier molecular flexibility index (Phi) is 7.63. The summed E-state index contributed by atoms with van der Waals surface area (Å²) in [6.07, 6.45) is -3.19. The van der Waals surface area contributed by atoms with Crippen LogP contribution in [-0.2, 0) is 30.5 Å². The number of aryl methyl sites for hydroxylation is 1. The highest BCUT2D eigenvalue weighted by Gasteiger charge is 2.30. The third-order valence-corrected chi connectivity index (χ3v) is 5.05. The maximum absolute atomic E-state index is 14.3. The molecule has 3 rings (SSSR count). The van der Waals surface area contributed by atoms with E-state index in [-0.39, 0.29) is 36.8 Å². The first-order chi connectivity index (χ1) is 15.6. The van der Waals surface area contributed by atoms with Crippen LogP contribution in [-0.4, -0.2) is 48.2 Å². The van der Waals surface area contributed by atoms with Crippen LogP contribution in [0.4, 0.5) is 22.7 Å². The number of nitrogens with zero attached hydrogens (tertiary/aromatic N) is 6. The Hall–Kier alpha value is -3.49. The highest BCUT2D eigenvalue weighted by atomic mass is 32.1. The fourth-order valence-corrected chi connectivity index (χ4v) is 3.44. The van der Waals surface area contributed by atoms with Crippen molar-refractivity contribution in [2.75, 3.05) is 5.32 Å². The van der Waals surface area contributed by atoms with Crippen molar-refractivity contribution in [2.45, 2.75) is 45.2 Å². The molecular formula is C18H18F4N8O2S. The van der Waals surface area contributed by atoms with Gasteiger partial charge in [-0.2, -0.15) is 13.2 Å². The van der Waals surface area contributed by atoms with E-state index >= 15 is 0 Å². The molecule has 3 aromatic heterocycles. The number of amides is 2. The van der Waals surface area contributed by atoms with Crippen LogP contribution in [0, 0.1) is 0 Å². The topological polar surface area (TPSA) is 128 Å². The molecule has 2 N–H and O–H groups in total. The number of hydrogen-bond acceptors (Lipinski definition) is 8. The molecule has 15 heteroatoms. The van der Waals surface area contributed by atoms with Gasteiger partial charge in [-0.05, 0) is 18.6 Å². The van der Waals surface area contributed by atoms with Gasteiger partial charge in [-0.25, -0.2) is 9.07 Å². The molecule has 33 heavy (non-hydrogen) atoms. The van der Waals surface area contributed by atoms with Gasteiger partial charge >= 0.3 is 6.18 Å². The Labute approximate surface area is 188 Å². The smallest absolute Gasteiger partial charge is 0.345 e. The van der Waals surface area contributed by atoms with Crippen molar-refractivity contribution in [2.24, 2.45) is 0 Å². The molecule has 1 atom stereocenters. The Morgan fingerprint density at radius 3 is 2.76 bits per heavy atom. The van der Waals surface area contributed by atoms with Crippen LogP contribution < -0.4 is 10.6 Å². The van der Waals surface area contributed by atoms with E-state index in [1.54, 1.807) is 0 Å². The quantitative estimate of drug-likeness (QED) is 0.445. The molecule has 0 aliphatic heterocycles. The number of alkyl halides is 4. The summed E-state index contributed by atoms with van der Waals surface area (Å²) >= 11 is 1.15. The van der Waals surface area contributed by atoms with Crippen molar-refractivity contribution in [3.63, 3.8) is 0 Å². The first kappa shape index (κ1) is 24.2. The van der Waals surface area contributed by atoms with Crippen molar-refractivity contribution in [3.8, 4) is 0 Å². The minimum absolute atomic E-state index is 0.0210. The first-order valence-electron chi connectivity index (χ1n) is 9.54. The zero-order valence-electron chi connectivity index (χ0n) is 17.1. The standard InChI is InChI=1S/C18H18F4N8O2S/c1-10(31)25-17-28-27-15(33-17)3-2-12(19)8-30-9-14(26-29-30)16(32)24-7-13-6-11(4-5-23-13)18(20,21)22/h4-6,9,12H,2-3,7-8H2,1H3,(H,24,32)(H,25,28,31). The lowest BCUT2D eigenvalue weighted by Crippen LogP contribution is -2.24. The Bertz CT molecular complexity index is 1120. The number of anilines is 1. The Morgan fingerprint density at radius 2 is 2.03 bits per heavy atom. The minimum atomic E-state index is -4.52. The average molecular weight is 486 g/mol. The summed E-state index contributed by atoms with van der Waals surface area (Å²) in [5.41, 5.74) is -0.965. The van der Waals surface area contributed by atoms with Gasteiger partial charge in [-0.15, -0.1) is 15.3 Å². The average Bonchev–Trinajstić information content (AvgIpc) is 3.39. The van der Waals surface area contributed by atoms with Gasteiger partial charge in [0, 0.05) is 19.5 Å². The third kappa shape index (κ3) is 7.27. The van der Waals surface area contributed by atoms with Crippen LogP contribution in [0.3, 0.4) is 0 Å². The van der Waals surface area contributed by atoms with E-state index in [1.807, 2.05) is 0 Å². The lowest BCUT2D eigenvalue weighted by molar-refractivity contribution is -0.137. The molecule has 0 radical (unpaired) electrons. The summed E-state index contributed by atoms with van der Waals surface area (Å²) in [5.74, 6) is -0.964. The van der Waals surface area contributed by atoms with Crippen molar-refractivity contribution >= 4 is 28.3 Å². The van der Waals surface area contributed by atoms with Crippen molar-refractivity contribution < 1.29 is 27.2 Å². The number of carbonyl (C=O) groups is 2. The number of nitrogens with one attached hydrogen (secondary N) is 2. The van der Waals surface area contributed by atoms with Gasteiger partial charge in [0.1, 0.15) is 11.2 Å². The van der Waals surface area contributed by atoms with E-state index in [2.05, 4.69) is 36.1 Å². The molecule has 0 saturated heterocycles. The van der Waals surface area contributed by atoms with Crippen molar-refractivity contribution in [1.82, 2.24) is 35.5 Å². The predicted octanol–water partition coefficient (Wildman–Crippen LogP) is 2.40. The number of aromatic nitrogens is 6. The summed E-state index contributed by atoms with van der Waals surface area (Å²) in [4.78, 5) is 26.9. The number of carbonyl (C=O) groups excluding carboxylic acids is 2. The SMILES string of the molecule is CC(=O)Nc1nnc(CCC(F)Cn2cc(C(=O)NCc3cc(C(F)(F)F)ccn3)nn2)s1. The molecular weight excluding hydrogens is 468 g/mol. The molecule has 0 aliphatic rings. The van der Waals surface area contributed by atoms with Crippen LogP contribution in [0.25, 0.3) is 0 Å². The zero-order valence-corrected chi connectivity index (χ0v) is 18.0. The molecule has 0 aliphatic carbocycles. The van der Waals surface area contributed by atoms with Crippen LogP contribution in [0.15, 0.2) is 24.5 Å². The van der Waals surface area contributed by atoms with Gasteiger partial charge in [-0.1, -0.05) is 16.6 Å². The number of rotatable bonds is 9. The second-order valence-electron chi connectivity index (χ2n) is 6.86. The van der Waals surface area contributed by atoms with Gasteiger partial charge in [0.2, 0.25) is 11.0 Å². The third-order valence-electron chi connectivity index (χ3n) is 4.15. The summed E-state index contributed by atoms with van der Waals surface area (Å²) in [7, 11) is 0. The maximum Gasteiger partial charge on any atom is 0.416 e. The molecule has 1 unspecified atom stereocenters. The molecule has 10 nitrogen and oxygen atoms in total. The van der Waals surface area contributed by atoms with E-state index in [0.29, 0.717) is 16.6 Å². The fraction of sp³-hybridized carbons (Fsp3) is 0.389. The maximum atomic E-state index is 14.3. The number of pyridine rings is 1. The van der Waals surface area contributed by atoms with Crippen LogP contribution in [0.2, 0.25) is 0 Å². The lowest BCUT2D eigenvalue weighted by atomic mass is 10.2. The molecule has 0 saturated carbocycles. The highest BCUT2D eigenvalue weighted by Crippen LogP contribution is 2.29. The zero-order chi connectivity index (χ0) is 24.0. The van der Waals surface area contributed by atoms with Gasteiger partial charge in [0.05, 0.1) is 30.5 Å². The van der Waals surface area contributed by atoms with E-state index in [0.717, 1.165) is 34.3 Å². The molecule has 2 amide bonds. The molecule has 0 aromatic carbocycles. The molecule has 0 fully saturated rings. The second kappa shape index (κ2) is 10.4. The Balaban J connectivity index is 1.47. The molecule has 3 aromatic rings. The second-order valence-corrected chi connectivity index (χ2v) is 7.92. The monoisotopic (exact) mass is 486 g/mol. The van der Waals surface area contributed by atoms with Crippen LogP contribution in [0.1, 0.15) is 40.1 Å². The first-order valence-corrected chi connectivity index (χ1v) is 10.4. The predicted molar refractivity (Wildman–Crippen MR) is 108 cm³/mol. The van der Waals surface area contributed by atoms with E-state index in [1.165, 1.54) is 13.1 Å². The Morgan fingerprint density at radius 1 is 1.24 bits per heavy atom. The normalized spacial score (nSPS) is 12.4. The molecule has 0 bridgehead atoms. The van der Waals surface area contributed by atoms with E-state index in [4.69, 9.17) is 0 Å². The molecule has 0 spiro atoms. The summed E-state index contributed by atoms with van der Waals surface area (Å²) in [5, 5.41) is 20.8. The van der Waals surface area contributed by atoms with E-state index < -0.39 is 23.8 Å². The van der Waals surface area contributed by atoms with E-state index in [9.17, 15) is 27.2 Å². The molecule has 176 valence electrons. The van der Waals surface area contributed by atoms with Crippen LogP contribution in [0.5, 0.6) is 0 Å². The van der Waals surface area contributed by atoms with Crippen molar-refractivity contribution in [3.05, 3.63) is 46.5 Å². The van der Waals surface area contributed by atoms with Gasteiger partial charge < -0.3 is 10.6 Å². The van der Waals surface area contributed by atoms with Gasteiger partial charge in [0.15, 0.2) is 5.69 Å². The van der Waals surface area contributed by atoms with Crippen LogP contribution >= 0.6 is 11.3 Å². The summed E-state index contributed by atoms with van der Waals surface area (Å²) in [6, 6.07) is 1.67. The molecule has 3 heterocycles. The minimum Gasteiger partial charge on any atom is -0.345 e. The summed E-state index contributed by atoms with van der Waals surface area (Å²) in [6.45, 7) is 0.935. The highest BCUT2D eigenvalue weighted by molar-refractivity contribution is 7.15. The van der Waals surface area contributed by atoms with Gasteiger partial charge in [-0.3, -0.25) is 14.6 Å². The van der Waals surface area contributed by atoms with Gasteiger partial charge in [0.25, 0.3) is 5.91 Å². The largest absolute Gasteiger partial charge is 0.416 e. The lowest BCUT2D eigenvalue weighted by Gasteiger charge is -2.08. The summed E-state index contributed by atoms with van der Waals surface area (Å²) < 4.78 is 53.7.